The highest BCUT2D eigenvalue weighted by molar-refractivity contribution is 5.48. The Morgan fingerprint density at radius 3 is 2.74 bits per heavy atom. The quantitative estimate of drug-likeness (QED) is 0.488. The van der Waals surface area contributed by atoms with E-state index in [4.69, 9.17) is 0 Å². The van der Waals surface area contributed by atoms with Crippen LogP contribution < -0.4 is 5.32 Å². The Morgan fingerprint density at radius 2 is 2.16 bits per heavy atom. The molecule has 0 saturated carbocycles. The van der Waals surface area contributed by atoms with Crippen LogP contribution in [-0.2, 0) is 0 Å². The first-order valence-electron chi connectivity index (χ1n) is 6.18. The molecule has 2 rings (SSSR count). The molecule has 1 aromatic rings. The topological polar surface area (TPSA) is 78.6 Å². The molecule has 6 heteroatoms. The molecule has 1 atom stereocenters. The molecular weight excluding hydrogens is 246 g/mol. The first-order chi connectivity index (χ1) is 9.13. The normalized spacial score (nSPS) is 17.9. The van der Waals surface area contributed by atoms with Crippen molar-refractivity contribution in [2.45, 2.75) is 6.04 Å². The van der Waals surface area contributed by atoms with E-state index in [2.05, 4.69) is 16.8 Å². The molecular formula is C13H17N3O3. The molecule has 0 unspecified atom stereocenters. The fraction of sp³-hybridized carbons (Fsp3) is 0.385. The smallest absolute Gasteiger partial charge is 0.311 e. The van der Waals surface area contributed by atoms with Crippen LogP contribution in [0.3, 0.4) is 0 Å². The lowest BCUT2D eigenvalue weighted by molar-refractivity contribution is -0.385. The second-order valence-corrected chi connectivity index (χ2v) is 4.47. The van der Waals surface area contributed by atoms with Crippen molar-refractivity contribution in [3.8, 4) is 5.75 Å². The lowest BCUT2D eigenvalue weighted by Gasteiger charge is -2.33. The average molecular weight is 263 g/mol. The van der Waals surface area contributed by atoms with Crippen molar-refractivity contribution in [3.63, 3.8) is 0 Å². The highest BCUT2D eigenvalue weighted by Gasteiger charge is 2.22. The number of nitrogens with zero attached hydrogens (tertiary/aromatic N) is 2. The Balaban J connectivity index is 2.29. The minimum absolute atomic E-state index is 0.0681. The minimum atomic E-state index is -0.573. The summed E-state index contributed by atoms with van der Waals surface area (Å²) in [5, 5.41) is 23.6. The van der Waals surface area contributed by atoms with E-state index in [9.17, 15) is 15.2 Å². The van der Waals surface area contributed by atoms with E-state index in [-0.39, 0.29) is 17.5 Å². The third-order valence-electron chi connectivity index (χ3n) is 3.31. The Bertz CT molecular complexity index is 484. The maximum atomic E-state index is 10.9. The van der Waals surface area contributed by atoms with Gasteiger partial charge in [-0.3, -0.25) is 15.0 Å². The molecule has 1 aromatic carbocycles. The number of piperazine rings is 1. The van der Waals surface area contributed by atoms with Gasteiger partial charge in [0.1, 0.15) is 0 Å². The van der Waals surface area contributed by atoms with Gasteiger partial charge in [0.25, 0.3) is 0 Å². The zero-order valence-corrected chi connectivity index (χ0v) is 10.6. The summed E-state index contributed by atoms with van der Waals surface area (Å²) in [5.74, 6) is -0.308. The van der Waals surface area contributed by atoms with Gasteiger partial charge >= 0.3 is 5.69 Å². The summed E-state index contributed by atoms with van der Waals surface area (Å²) in [4.78, 5) is 12.5. The van der Waals surface area contributed by atoms with Gasteiger partial charge in [-0.15, -0.1) is 6.58 Å². The molecule has 0 spiro atoms. The van der Waals surface area contributed by atoms with Gasteiger partial charge in [-0.1, -0.05) is 12.1 Å². The lowest BCUT2D eigenvalue weighted by atomic mass is 10.0. The van der Waals surface area contributed by atoms with Gasteiger partial charge in [0.05, 0.1) is 11.0 Å². The number of benzene rings is 1. The molecule has 102 valence electrons. The van der Waals surface area contributed by atoms with Crippen LogP contribution in [-0.4, -0.2) is 41.1 Å². The zero-order chi connectivity index (χ0) is 13.8. The third-order valence-corrected chi connectivity index (χ3v) is 3.31. The number of nitro groups is 1. The predicted octanol–water partition coefficient (Wildman–Crippen LogP) is 1.43. The molecule has 0 amide bonds. The largest absolute Gasteiger partial charge is 0.502 e. The Morgan fingerprint density at radius 1 is 1.47 bits per heavy atom. The van der Waals surface area contributed by atoms with Crippen LogP contribution in [0.25, 0.3) is 0 Å². The number of phenolic OH excluding ortho intramolecular Hbond substituents is 1. The molecule has 0 aromatic heterocycles. The summed E-state index contributed by atoms with van der Waals surface area (Å²) in [5.41, 5.74) is 0.515. The Labute approximate surface area is 111 Å². The molecule has 2 N–H and O–H groups in total. The van der Waals surface area contributed by atoms with Crippen molar-refractivity contribution in [1.29, 1.82) is 0 Å². The number of hydrogen-bond acceptors (Lipinski definition) is 5. The van der Waals surface area contributed by atoms with Gasteiger partial charge < -0.3 is 10.4 Å². The second kappa shape index (κ2) is 5.81. The zero-order valence-electron chi connectivity index (χ0n) is 10.6. The van der Waals surface area contributed by atoms with E-state index in [0.717, 1.165) is 31.7 Å². The highest BCUT2D eigenvalue weighted by Crippen LogP contribution is 2.31. The van der Waals surface area contributed by atoms with E-state index in [1.807, 2.05) is 0 Å². The van der Waals surface area contributed by atoms with E-state index < -0.39 is 4.92 Å². The summed E-state index contributed by atoms with van der Waals surface area (Å²) in [6.45, 7) is 7.33. The second-order valence-electron chi connectivity index (χ2n) is 4.47. The molecule has 0 bridgehead atoms. The first kappa shape index (κ1) is 13.5. The van der Waals surface area contributed by atoms with Gasteiger partial charge in [0.15, 0.2) is 5.75 Å². The van der Waals surface area contributed by atoms with Crippen molar-refractivity contribution in [1.82, 2.24) is 10.2 Å². The fourth-order valence-electron chi connectivity index (χ4n) is 2.33. The highest BCUT2D eigenvalue weighted by atomic mass is 16.6. The number of aromatic hydroxyl groups is 1. The summed E-state index contributed by atoms with van der Waals surface area (Å²) >= 11 is 0. The van der Waals surface area contributed by atoms with Crippen molar-refractivity contribution >= 4 is 5.69 Å². The van der Waals surface area contributed by atoms with Crippen LogP contribution in [0.4, 0.5) is 5.69 Å². The molecule has 0 aliphatic carbocycles. The van der Waals surface area contributed by atoms with Gasteiger partial charge in [-0.2, -0.15) is 0 Å². The van der Waals surface area contributed by atoms with E-state index >= 15 is 0 Å². The summed E-state index contributed by atoms with van der Waals surface area (Å²) in [7, 11) is 0. The van der Waals surface area contributed by atoms with Crippen LogP contribution >= 0.6 is 0 Å². The average Bonchev–Trinajstić information content (AvgIpc) is 2.42. The van der Waals surface area contributed by atoms with Crippen molar-refractivity contribution in [3.05, 3.63) is 46.5 Å². The van der Waals surface area contributed by atoms with Gasteiger partial charge in [0.2, 0.25) is 0 Å². The first-order valence-corrected chi connectivity index (χ1v) is 6.18. The molecule has 19 heavy (non-hydrogen) atoms. The van der Waals surface area contributed by atoms with Crippen molar-refractivity contribution in [2.75, 3.05) is 26.2 Å². The van der Waals surface area contributed by atoms with Gasteiger partial charge in [0, 0.05) is 32.2 Å². The number of nitrogens with one attached hydrogen (secondary N) is 1. The molecule has 1 aliphatic heterocycles. The van der Waals surface area contributed by atoms with Gasteiger partial charge in [-0.25, -0.2) is 0 Å². The fourth-order valence-corrected chi connectivity index (χ4v) is 2.33. The van der Waals surface area contributed by atoms with Crippen molar-refractivity contribution < 1.29 is 10.0 Å². The van der Waals surface area contributed by atoms with Crippen molar-refractivity contribution in [2.24, 2.45) is 0 Å². The number of rotatable bonds is 4. The number of nitro benzene ring substituents is 1. The standard InChI is InChI=1S/C13H17N3O3/c1-2-11(15-7-5-14-6-8-15)10-3-4-13(17)12(9-10)16(18)19/h2-4,9,11,14,17H,1,5-8H2/t11-/m0/s1. The van der Waals surface area contributed by atoms with E-state index in [1.54, 1.807) is 12.1 Å². The molecule has 1 saturated heterocycles. The molecule has 1 fully saturated rings. The molecule has 0 radical (unpaired) electrons. The third kappa shape index (κ3) is 2.91. The van der Waals surface area contributed by atoms with Crippen LogP contribution in [0, 0.1) is 10.1 Å². The minimum Gasteiger partial charge on any atom is -0.502 e. The Hall–Kier alpha value is -1.92. The molecule has 1 aliphatic rings. The molecule has 1 heterocycles. The number of hydrogen-bond donors (Lipinski definition) is 2. The van der Waals surface area contributed by atoms with E-state index in [0.29, 0.717) is 0 Å². The SMILES string of the molecule is C=C[C@@H](c1ccc(O)c([N+](=O)[O-])c1)N1CCNCC1. The maximum absolute atomic E-state index is 10.9. The summed E-state index contributed by atoms with van der Waals surface area (Å²) in [6.07, 6.45) is 1.78. The van der Waals surface area contributed by atoms with E-state index in [1.165, 1.54) is 12.1 Å². The Kier molecular flexibility index (Phi) is 4.13. The number of phenols is 1. The summed E-state index contributed by atoms with van der Waals surface area (Å²) < 4.78 is 0. The van der Waals surface area contributed by atoms with Crippen LogP contribution in [0.1, 0.15) is 11.6 Å². The maximum Gasteiger partial charge on any atom is 0.311 e. The lowest BCUT2D eigenvalue weighted by Crippen LogP contribution is -2.44. The molecule has 6 nitrogen and oxygen atoms in total. The monoisotopic (exact) mass is 263 g/mol. The van der Waals surface area contributed by atoms with Crippen LogP contribution in [0.15, 0.2) is 30.9 Å². The predicted molar refractivity (Wildman–Crippen MR) is 72.1 cm³/mol. The van der Waals surface area contributed by atoms with Crippen LogP contribution in [0.5, 0.6) is 5.75 Å². The summed E-state index contributed by atoms with van der Waals surface area (Å²) in [6, 6.07) is 4.42. The van der Waals surface area contributed by atoms with Crippen LogP contribution in [0.2, 0.25) is 0 Å². The van der Waals surface area contributed by atoms with Gasteiger partial charge in [-0.05, 0) is 11.6 Å².